The Hall–Kier alpha value is -0.903. The fraction of sp³-hybridized carbons (Fsp3) is 0.739. The monoisotopic (exact) mass is 394 g/mol. The van der Waals surface area contributed by atoms with E-state index in [0.29, 0.717) is 18.3 Å². The summed E-state index contributed by atoms with van der Waals surface area (Å²) in [7, 11) is -0.394. The first kappa shape index (κ1) is 20.8. The van der Waals surface area contributed by atoms with Gasteiger partial charge >= 0.3 is 0 Å². The molecule has 0 bridgehead atoms. The second-order valence-electron chi connectivity index (χ2n) is 8.94. The minimum atomic E-state index is -0.829. The molecule has 3 rings (SSSR count). The lowest BCUT2D eigenvalue weighted by Gasteiger charge is -2.37. The molecule has 0 amide bonds. The van der Waals surface area contributed by atoms with E-state index in [-0.39, 0.29) is 0 Å². The largest absolute Gasteiger partial charge is 0.493 e. The maximum Gasteiger partial charge on any atom is 0.162 e. The van der Waals surface area contributed by atoms with Crippen LogP contribution in [-0.2, 0) is 0 Å². The average molecular weight is 395 g/mol. The third-order valence-electron chi connectivity index (χ3n) is 7.04. The van der Waals surface area contributed by atoms with Crippen molar-refractivity contribution in [1.29, 1.82) is 0 Å². The van der Waals surface area contributed by atoms with Gasteiger partial charge in [-0.1, -0.05) is 57.2 Å². The van der Waals surface area contributed by atoms with Crippen molar-refractivity contribution in [2.75, 3.05) is 6.61 Å². The first-order chi connectivity index (χ1) is 13.2. The summed E-state index contributed by atoms with van der Waals surface area (Å²) in [6, 6.07) is 8.59. The van der Waals surface area contributed by atoms with Gasteiger partial charge in [-0.25, -0.2) is 8.78 Å². The highest BCUT2D eigenvalue weighted by atomic mass is 28.3. The van der Waals surface area contributed by atoms with Crippen molar-refractivity contribution in [2.24, 2.45) is 17.8 Å². The fourth-order valence-corrected chi connectivity index (χ4v) is 8.77. The molecule has 2 aliphatic rings. The number of ether oxygens (including phenoxy) is 1. The Bertz CT molecular complexity index is 563. The van der Waals surface area contributed by atoms with Crippen LogP contribution in [0.2, 0.25) is 18.1 Å². The second-order valence-corrected chi connectivity index (χ2v) is 12.4. The van der Waals surface area contributed by atoms with Crippen molar-refractivity contribution >= 4 is 8.80 Å². The molecule has 2 fully saturated rings. The van der Waals surface area contributed by atoms with Crippen LogP contribution in [0.5, 0.6) is 5.75 Å². The molecular weight excluding hydrogens is 358 g/mol. The van der Waals surface area contributed by atoms with Crippen molar-refractivity contribution in [1.82, 2.24) is 0 Å². The third-order valence-corrected chi connectivity index (χ3v) is 10.6. The van der Waals surface area contributed by atoms with Crippen molar-refractivity contribution in [3.8, 4) is 5.75 Å². The number of halogens is 2. The molecule has 27 heavy (non-hydrogen) atoms. The Labute approximate surface area is 165 Å². The van der Waals surface area contributed by atoms with Gasteiger partial charge in [0.1, 0.15) is 5.75 Å². The number of unbranched alkanes of at least 4 members (excludes halogenated alkanes) is 2. The van der Waals surface area contributed by atoms with E-state index in [0.717, 1.165) is 24.0 Å². The van der Waals surface area contributed by atoms with E-state index in [1.807, 2.05) is 0 Å². The topological polar surface area (TPSA) is 9.23 Å². The minimum absolute atomic E-state index is 0.394. The van der Waals surface area contributed by atoms with Gasteiger partial charge in [-0.05, 0) is 55.6 Å². The molecule has 1 aliphatic heterocycles. The van der Waals surface area contributed by atoms with Crippen LogP contribution >= 0.6 is 0 Å². The summed E-state index contributed by atoms with van der Waals surface area (Å²) < 4.78 is 32.0. The zero-order valence-corrected chi connectivity index (χ0v) is 18.1. The van der Waals surface area contributed by atoms with Crippen LogP contribution < -0.4 is 4.74 Å². The van der Waals surface area contributed by atoms with E-state index in [4.69, 9.17) is 4.74 Å². The first-order valence-corrected chi connectivity index (χ1v) is 13.7. The van der Waals surface area contributed by atoms with Crippen molar-refractivity contribution in [3.05, 3.63) is 29.8 Å². The molecular formula is C23H36F2OSi. The summed E-state index contributed by atoms with van der Waals surface area (Å²) in [5.41, 5.74) is 0. The molecule has 1 saturated heterocycles. The van der Waals surface area contributed by atoms with Gasteiger partial charge in [-0.3, -0.25) is 0 Å². The SMILES string of the molecule is CCCCC[Si@H]1CC[C@H]([C@H]2CC[C@H](COc3ccc(F)c(F)c3)CC2)CC1. The Morgan fingerprint density at radius 3 is 2.30 bits per heavy atom. The zero-order chi connectivity index (χ0) is 19.1. The quantitative estimate of drug-likeness (QED) is 0.341. The van der Waals surface area contributed by atoms with Gasteiger partial charge in [0.05, 0.1) is 6.61 Å². The Balaban J connectivity index is 1.34. The predicted octanol–water partition coefficient (Wildman–Crippen LogP) is 6.98. The lowest BCUT2D eigenvalue weighted by Crippen LogP contribution is -2.29. The van der Waals surface area contributed by atoms with E-state index < -0.39 is 20.4 Å². The average Bonchev–Trinajstić information content (AvgIpc) is 2.70. The molecule has 1 nitrogen and oxygen atoms in total. The number of benzene rings is 1. The third kappa shape index (κ3) is 6.30. The number of rotatable bonds is 8. The van der Waals surface area contributed by atoms with Gasteiger partial charge in [0, 0.05) is 14.9 Å². The maximum atomic E-state index is 13.3. The molecule has 0 unspecified atom stereocenters. The standard InChI is InChI=1S/C23H36F2OSi/c1-2-3-4-13-27-14-11-20(12-15-27)19-7-5-18(6-8-19)17-26-21-9-10-22(24)23(25)16-21/h9-10,16,18-20,27H,2-8,11-15,17H2,1H3/t18-,19-,20-,27-. The van der Waals surface area contributed by atoms with Crippen molar-refractivity contribution in [3.63, 3.8) is 0 Å². The molecule has 152 valence electrons. The number of hydrogen-bond acceptors (Lipinski definition) is 1. The van der Waals surface area contributed by atoms with Gasteiger partial charge in [0.2, 0.25) is 0 Å². The van der Waals surface area contributed by atoms with E-state index in [1.54, 1.807) is 18.1 Å². The molecule has 0 spiro atoms. The molecule has 0 aromatic heterocycles. The van der Waals surface area contributed by atoms with Crippen LogP contribution in [0.25, 0.3) is 0 Å². The summed E-state index contributed by atoms with van der Waals surface area (Å²) in [6.07, 6.45) is 12.4. The summed E-state index contributed by atoms with van der Waals surface area (Å²) in [6.45, 7) is 2.94. The van der Waals surface area contributed by atoms with Gasteiger partial charge in [-0.15, -0.1) is 0 Å². The van der Waals surface area contributed by atoms with Crippen LogP contribution in [0, 0.1) is 29.4 Å². The Morgan fingerprint density at radius 1 is 0.926 bits per heavy atom. The zero-order valence-electron chi connectivity index (χ0n) is 16.9. The molecule has 0 N–H and O–H groups in total. The van der Waals surface area contributed by atoms with Crippen LogP contribution in [0.1, 0.15) is 64.7 Å². The highest BCUT2D eigenvalue weighted by Crippen LogP contribution is 2.41. The predicted molar refractivity (Wildman–Crippen MR) is 111 cm³/mol. The van der Waals surface area contributed by atoms with E-state index >= 15 is 0 Å². The van der Waals surface area contributed by atoms with Gasteiger partial charge in [-0.2, -0.15) is 0 Å². The Morgan fingerprint density at radius 2 is 1.63 bits per heavy atom. The lowest BCUT2D eigenvalue weighted by atomic mass is 9.74. The molecule has 1 aromatic carbocycles. The van der Waals surface area contributed by atoms with Crippen LogP contribution in [0.4, 0.5) is 8.78 Å². The minimum Gasteiger partial charge on any atom is -0.493 e. The van der Waals surface area contributed by atoms with Gasteiger partial charge in [0.25, 0.3) is 0 Å². The van der Waals surface area contributed by atoms with E-state index in [2.05, 4.69) is 6.92 Å². The molecule has 1 saturated carbocycles. The van der Waals surface area contributed by atoms with Crippen molar-refractivity contribution < 1.29 is 13.5 Å². The van der Waals surface area contributed by atoms with Crippen molar-refractivity contribution in [2.45, 2.75) is 82.8 Å². The first-order valence-electron chi connectivity index (χ1n) is 11.2. The van der Waals surface area contributed by atoms with E-state index in [9.17, 15) is 8.78 Å². The van der Waals surface area contributed by atoms with E-state index in [1.165, 1.54) is 63.9 Å². The lowest BCUT2D eigenvalue weighted by molar-refractivity contribution is 0.147. The highest BCUT2D eigenvalue weighted by Gasteiger charge is 2.31. The molecule has 0 radical (unpaired) electrons. The summed E-state index contributed by atoms with van der Waals surface area (Å²) in [5, 5.41) is 0. The number of hydrogen-bond donors (Lipinski definition) is 0. The normalized spacial score (nSPS) is 28.9. The molecule has 1 heterocycles. The van der Waals surface area contributed by atoms with Gasteiger partial charge in [0.15, 0.2) is 11.6 Å². The molecule has 4 heteroatoms. The summed E-state index contributed by atoms with van der Waals surface area (Å²) in [4.78, 5) is 0. The highest BCUT2D eigenvalue weighted by molar-refractivity contribution is 6.58. The van der Waals surface area contributed by atoms with Crippen LogP contribution in [-0.4, -0.2) is 15.4 Å². The Kier molecular flexibility index (Phi) is 8.17. The summed E-state index contributed by atoms with van der Waals surface area (Å²) >= 11 is 0. The molecule has 1 aliphatic carbocycles. The molecule has 0 atom stereocenters. The fourth-order valence-electron chi connectivity index (χ4n) is 5.24. The molecule has 1 aromatic rings. The smallest absolute Gasteiger partial charge is 0.162 e. The summed E-state index contributed by atoms with van der Waals surface area (Å²) in [5.74, 6) is 1.27. The van der Waals surface area contributed by atoms with Gasteiger partial charge < -0.3 is 4.74 Å². The van der Waals surface area contributed by atoms with Crippen LogP contribution in [0.3, 0.4) is 0 Å². The van der Waals surface area contributed by atoms with Crippen LogP contribution in [0.15, 0.2) is 18.2 Å². The second kappa shape index (κ2) is 10.6. The maximum absolute atomic E-state index is 13.3.